The van der Waals surface area contributed by atoms with Crippen LogP contribution in [-0.4, -0.2) is 26.6 Å². The largest absolute Gasteiger partial charge is 0.457 e. The molecule has 0 atom stereocenters. The summed E-state index contributed by atoms with van der Waals surface area (Å²) in [5.41, 5.74) is 5.59. The summed E-state index contributed by atoms with van der Waals surface area (Å²) in [6, 6.07) is 12.3. The van der Waals surface area contributed by atoms with Crippen molar-refractivity contribution < 1.29 is 23.1 Å². The van der Waals surface area contributed by atoms with Crippen LogP contribution in [0.2, 0.25) is 0 Å². The molecule has 0 saturated heterocycles. The number of ether oxygens (including phenoxy) is 1. The number of carbonyl (C=O) groups is 2. The second kappa shape index (κ2) is 8.88. The number of nitrogens with two attached hydrogens (primary N) is 1. The Hall–Kier alpha value is -4.60. The second-order valence-electron chi connectivity index (χ2n) is 8.56. The number of rotatable bonds is 7. The van der Waals surface area contributed by atoms with Crippen molar-refractivity contribution in [2.24, 2.45) is 18.2 Å². The summed E-state index contributed by atoms with van der Waals surface area (Å²) >= 11 is 0. The van der Waals surface area contributed by atoms with Gasteiger partial charge in [-0.15, -0.1) is 0 Å². The average Bonchev–Trinajstić information content (AvgIpc) is 3.57. The molecule has 0 aliphatic heterocycles. The van der Waals surface area contributed by atoms with Gasteiger partial charge in [0.15, 0.2) is 5.82 Å². The minimum absolute atomic E-state index is 0.114. The maximum atomic E-state index is 15.4. The van der Waals surface area contributed by atoms with E-state index in [0.717, 1.165) is 28.7 Å². The second-order valence-corrected chi connectivity index (χ2v) is 8.56. The molecule has 2 heterocycles. The van der Waals surface area contributed by atoms with Gasteiger partial charge in [-0.25, -0.2) is 8.78 Å². The number of hydrogen-bond donors (Lipinski definition) is 1. The highest BCUT2D eigenvalue weighted by Crippen LogP contribution is 2.49. The van der Waals surface area contributed by atoms with E-state index < -0.39 is 28.9 Å². The number of pyridine rings is 1. The van der Waals surface area contributed by atoms with Gasteiger partial charge in [-0.2, -0.15) is 5.10 Å². The summed E-state index contributed by atoms with van der Waals surface area (Å²) < 4.78 is 36.4. The molecule has 1 saturated carbocycles. The van der Waals surface area contributed by atoms with Gasteiger partial charge in [0.25, 0.3) is 0 Å². The maximum absolute atomic E-state index is 15.4. The van der Waals surface area contributed by atoms with E-state index in [2.05, 4.69) is 10.1 Å². The van der Waals surface area contributed by atoms with E-state index in [1.807, 2.05) is 0 Å². The number of nitrogens with zero attached hydrogens (tertiary/aromatic N) is 4. The van der Waals surface area contributed by atoms with Gasteiger partial charge in [0, 0.05) is 42.8 Å². The normalized spacial score (nSPS) is 13.8. The molecule has 8 nitrogen and oxygen atoms in total. The number of aromatic nitrogens is 3. The van der Waals surface area contributed by atoms with Crippen LogP contribution in [-0.2, 0) is 16.6 Å². The van der Waals surface area contributed by atoms with Crippen LogP contribution in [0, 0.1) is 17.0 Å². The van der Waals surface area contributed by atoms with Crippen LogP contribution in [0.5, 0.6) is 11.5 Å². The molecule has 2 aromatic carbocycles. The minimum atomic E-state index is -1.41. The number of amides is 2. The molecular weight excluding hydrogens is 468 g/mol. The minimum Gasteiger partial charge on any atom is -0.457 e. The molecule has 1 fully saturated rings. The summed E-state index contributed by atoms with van der Waals surface area (Å²) in [5, 5.41) is 4.13. The molecule has 2 amide bonds. The van der Waals surface area contributed by atoms with Crippen molar-refractivity contribution >= 4 is 23.2 Å². The number of halogens is 2. The fraction of sp³-hybridized carbons (Fsp3) is 0.154. The van der Waals surface area contributed by atoms with Crippen molar-refractivity contribution in [3.05, 3.63) is 84.8 Å². The first kappa shape index (κ1) is 23.2. The van der Waals surface area contributed by atoms with E-state index in [-0.39, 0.29) is 30.0 Å². The SMILES string of the molecule is Cn1cc(-c2cc(Oc3ccc(N(C(=O)C4(C(N)=O)CC4)c4ccc(F)cc4)c(F)c3)ccn2)cn1. The number of hydrogen-bond acceptors (Lipinski definition) is 5. The molecule has 10 heteroatoms. The van der Waals surface area contributed by atoms with Crippen molar-refractivity contribution in [2.75, 3.05) is 4.90 Å². The van der Waals surface area contributed by atoms with Gasteiger partial charge in [-0.1, -0.05) is 0 Å². The molecule has 0 unspecified atom stereocenters. The molecule has 5 rings (SSSR count). The zero-order valence-corrected chi connectivity index (χ0v) is 19.2. The Bertz CT molecular complexity index is 1460. The first-order valence-corrected chi connectivity index (χ1v) is 11.1. The zero-order valence-electron chi connectivity index (χ0n) is 19.2. The molecule has 4 aromatic rings. The number of aryl methyl sites for hydroxylation is 1. The third kappa shape index (κ3) is 4.28. The lowest BCUT2D eigenvalue weighted by Crippen LogP contribution is -2.41. The highest BCUT2D eigenvalue weighted by Gasteiger charge is 2.57. The van der Waals surface area contributed by atoms with Gasteiger partial charge in [-0.3, -0.25) is 24.2 Å². The smallest absolute Gasteiger partial charge is 0.247 e. The van der Waals surface area contributed by atoms with Crippen LogP contribution in [0.1, 0.15) is 12.8 Å². The lowest BCUT2D eigenvalue weighted by atomic mass is 10.0. The fourth-order valence-corrected chi connectivity index (χ4v) is 3.92. The summed E-state index contributed by atoms with van der Waals surface area (Å²) in [7, 11) is 1.79. The van der Waals surface area contributed by atoms with E-state index in [0.29, 0.717) is 11.4 Å². The molecule has 1 aliphatic carbocycles. The number of carbonyl (C=O) groups excluding carboxylic acids is 2. The lowest BCUT2D eigenvalue weighted by Gasteiger charge is -2.27. The molecule has 182 valence electrons. The maximum Gasteiger partial charge on any atom is 0.247 e. The van der Waals surface area contributed by atoms with E-state index in [1.165, 1.54) is 24.3 Å². The molecule has 0 spiro atoms. The standard InChI is InChI=1S/C26H21F2N5O3/c1-32-15-16(14-31-32)22-13-20(8-11-30-22)36-19-6-7-23(21(28)12-19)33(18-4-2-17(27)3-5-18)25(35)26(9-10-26)24(29)34/h2-8,11-15H,9-10H2,1H3,(H2,29,34). The molecular formula is C26H21F2N5O3. The number of benzene rings is 2. The summed E-state index contributed by atoms with van der Waals surface area (Å²) in [4.78, 5) is 30.8. The van der Waals surface area contributed by atoms with Crippen LogP contribution in [0.4, 0.5) is 20.2 Å². The van der Waals surface area contributed by atoms with E-state index in [1.54, 1.807) is 42.5 Å². The third-order valence-electron chi connectivity index (χ3n) is 6.05. The van der Waals surface area contributed by atoms with Crippen molar-refractivity contribution in [1.29, 1.82) is 0 Å². The van der Waals surface area contributed by atoms with E-state index in [9.17, 15) is 14.0 Å². The van der Waals surface area contributed by atoms with Crippen molar-refractivity contribution in [3.8, 4) is 22.8 Å². The van der Waals surface area contributed by atoms with Gasteiger partial charge in [-0.05, 0) is 55.3 Å². The van der Waals surface area contributed by atoms with Gasteiger partial charge in [0.05, 0.1) is 17.6 Å². The highest BCUT2D eigenvalue weighted by atomic mass is 19.1. The van der Waals surface area contributed by atoms with Crippen LogP contribution in [0.25, 0.3) is 11.3 Å². The molecule has 36 heavy (non-hydrogen) atoms. The zero-order chi connectivity index (χ0) is 25.4. The Labute approximate surface area is 204 Å². The van der Waals surface area contributed by atoms with E-state index in [4.69, 9.17) is 10.5 Å². The van der Waals surface area contributed by atoms with Gasteiger partial charge < -0.3 is 10.5 Å². The summed E-state index contributed by atoms with van der Waals surface area (Å²) in [6.45, 7) is 0. The molecule has 2 N–H and O–H groups in total. The number of anilines is 2. The summed E-state index contributed by atoms with van der Waals surface area (Å²) in [5.74, 6) is -2.12. The highest BCUT2D eigenvalue weighted by molar-refractivity contribution is 6.16. The predicted molar refractivity (Wildman–Crippen MR) is 127 cm³/mol. The van der Waals surface area contributed by atoms with Crippen LogP contribution < -0.4 is 15.4 Å². The van der Waals surface area contributed by atoms with Gasteiger partial charge in [0.1, 0.15) is 22.7 Å². The summed E-state index contributed by atoms with van der Waals surface area (Å²) in [6.07, 6.45) is 5.57. The Kier molecular flexibility index (Phi) is 5.71. The fourth-order valence-electron chi connectivity index (χ4n) is 3.92. The third-order valence-corrected chi connectivity index (χ3v) is 6.05. The molecule has 2 aromatic heterocycles. The van der Waals surface area contributed by atoms with Crippen LogP contribution in [0.15, 0.2) is 73.2 Å². The van der Waals surface area contributed by atoms with E-state index >= 15 is 4.39 Å². The molecule has 0 bridgehead atoms. The van der Waals surface area contributed by atoms with Crippen molar-refractivity contribution in [2.45, 2.75) is 12.8 Å². The van der Waals surface area contributed by atoms with Crippen molar-refractivity contribution in [1.82, 2.24) is 14.8 Å². The molecule has 1 aliphatic rings. The Morgan fingerprint density at radius 2 is 1.78 bits per heavy atom. The average molecular weight is 489 g/mol. The monoisotopic (exact) mass is 489 g/mol. The first-order chi connectivity index (χ1) is 17.3. The molecule has 0 radical (unpaired) electrons. The van der Waals surface area contributed by atoms with Gasteiger partial charge in [0.2, 0.25) is 11.8 Å². The quantitative estimate of drug-likeness (QED) is 0.386. The Morgan fingerprint density at radius 1 is 1.06 bits per heavy atom. The first-order valence-electron chi connectivity index (χ1n) is 11.1. The number of primary amides is 1. The predicted octanol–water partition coefficient (Wildman–Crippen LogP) is 4.48. The Balaban J connectivity index is 1.46. The van der Waals surface area contributed by atoms with Crippen LogP contribution >= 0.6 is 0 Å². The van der Waals surface area contributed by atoms with Crippen molar-refractivity contribution in [3.63, 3.8) is 0 Å². The van der Waals surface area contributed by atoms with Crippen LogP contribution in [0.3, 0.4) is 0 Å². The topological polar surface area (TPSA) is 103 Å². The lowest BCUT2D eigenvalue weighted by molar-refractivity contribution is -0.133. The van der Waals surface area contributed by atoms with Gasteiger partial charge >= 0.3 is 0 Å². The Morgan fingerprint density at radius 3 is 2.39 bits per heavy atom.